The van der Waals surface area contributed by atoms with Gasteiger partial charge in [0.25, 0.3) is 0 Å². The van der Waals surface area contributed by atoms with Gasteiger partial charge in [0.05, 0.1) is 14.2 Å². The number of rotatable bonds is 5. The lowest BCUT2D eigenvalue weighted by Gasteiger charge is -2.25. The Kier molecular flexibility index (Phi) is 4.61. The topological polar surface area (TPSA) is 76.1 Å². The third kappa shape index (κ3) is 3.15. The minimum atomic E-state index is -1.03. The van der Waals surface area contributed by atoms with E-state index in [1.807, 2.05) is 12.1 Å². The Morgan fingerprint density at radius 2 is 1.52 bits per heavy atom. The first-order chi connectivity index (χ1) is 12.0. The van der Waals surface area contributed by atoms with Crippen molar-refractivity contribution < 1.29 is 24.2 Å². The highest BCUT2D eigenvalue weighted by Gasteiger charge is 2.45. The lowest BCUT2D eigenvalue weighted by Crippen LogP contribution is -2.40. The molecule has 2 atom stereocenters. The fraction of sp³-hybridized carbons (Fsp3) is 0.263. The van der Waals surface area contributed by atoms with Crippen LogP contribution >= 0.6 is 0 Å². The van der Waals surface area contributed by atoms with Crippen LogP contribution in [-0.2, 0) is 9.59 Å². The molecular formula is C19H19NO5. The number of carboxylic acids is 1. The highest BCUT2D eigenvalue weighted by Crippen LogP contribution is 2.38. The molecule has 130 valence electrons. The van der Waals surface area contributed by atoms with E-state index in [9.17, 15) is 14.7 Å². The quantitative estimate of drug-likeness (QED) is 0.905. The van der Waals surface area contributed by atoms with Gasteiger partial charge in [-0.25, -0.2) is 4.79 Å². The molecule has 2 unspecified atom stereocenters. The summed E-state index contributed by atoms with van der Waals surface area (Å²) in [6, 6.07) is 13.0. The van der Waals surface area contributed by atoms with Gasteiger partial charge in [0.1, 0.15) is 17.5 Å². The number of carboxylic acid groups (broad SMARTS) is 1. The van der Waals surface area contributed by atoms with E-state index in [0.29, 0.717) is 17.2 Å². The van der Waals surface area contributed by atoms with Crippen LogP contribution < -0.4 is 14.4 Å². The molecule has 1 heterocycles. The van der Waals surface area contributed by atoms with E-state index in [1.165, 1.54) is 4.90 Å². The second-order valence-electron chi connectivity index (χ2n) is 5.83. The smallest absolute Gasteiger partial charge is 0.327 e. The molecule has 25 heavy (non-hydrogen) atoms. The van der Waals surface area contributed by atoms with E-state index in [1.54, 1.807) is 50.6 Å². The lowest BCUT2D eigenvalue weighted by molar-refractivity contribution is -0.139. The van der Waals surface area contributed by atoms with Crippen molar-refractivity contribution in [2.75, 3.05) is 19.1 Å². The summed E-state index contributed by atoms with van der Waals surface area (Å²) in [6.45, 7) is 0. The minimum absolute atomic E-state index is 0.148. The summed E-state index contributed by atoms with van der Waals surface area (Å²) in [5, 5.41) is 9.75. The Hall–Kier alpha value is -3.02. The van der Waals surface area contributed by atoms with Crippen LogP contribution in [-0.4, -0.2) is 37.2 Å². The predicted octanol–water partition coefficient (Wildman–Crippen LogP) is 2.68. The van der Waals surface area contributed by atoms with Crippen LogP contribution in [0, 0.1) is 0 Å². The van der Waals surface area contributed by atoms with Gasteiger partial charge in [-0.15, -0.1) is 0 Å². The fourth-order valence-electron chi connectivity index (χ4n) is 3.21. The average molecular weight is 341 g/mol. The van der Waals surface area contributed by atoms with E-state index in [0.717, 1.165) is 5.56 Å². The summed E-state index contributed by atoms with van der Waals surface area (Å²) in [5.74, 6) is -0.320. The van der Waals surface area contributed by atoms with Crippen LogP contribution in [0.4, 0.5) is 5.69 Å². The molecule has 1 saturated heterocycles. The predicted molar refractivity (Wildman–Crippen MR) is 92.3 cm³/mol. The molecule has 3 rings (SSSR count). The van der Waals surface area contributed by atoms with Gasteiger partial charge in [-0.1, -0.05) is 12.1 Å². The molecule has 0 bridgehead atoms. The molecule has 0 spiro atoms. The number of anilines is 1. The van der Waals surface area contributed by atoms with Crippen LogP contribution in [0.15, 0.2) is 48.5 Å². The number of carbonyl (C=O) groups is 2. The third-order valence-electron chi connectivity index (χ3n) is 4.47. The minimum Gasteiger partial charge on any atom is -0.497 e. The van der Waals surface area contributed by atoms with Crippen LogP contribution in [0.1, 0.15) is 17.9 Å². The molecule has 0 saturated carbocycles. The standard InChI is InChI=1S/C19H19NO5/c1-24-14-7-3-12(4-8-14)16-11-17(21)20(18(16)19(22)23)13-5-9-15(25-2)10-6-13/h3-10,16,18H,11H2,1-2H3,(H,22,23). The first-order valence-electron chi connectivity index (χ1n) is 7.88. The molecule has 2 aromatic rings. The van der Waals surface area contributed by atoms with Gasteiger partial charge in [-0.05, 0) is 42.0 Å². The Labute approximate surface area is 145 Å². The van der Waals surface area contributed by atoms with Gasteiger partial charge in [0, 0.05) is 18.0 Å². The van der Waals surface area contributed by atoms with Gasteiger partial charge in [0.2, 0.25) is 5.91 Å². The summed E-state index contributed by atoms with van der Waals surface area (Å²) in [5.41, 5.74) is 1.35. The van der Waals surface area contributed by atoms with Crippen LogP contribution in [0.2, 0.25) is 0 Å². The molecule has 0 aliphatic carbocycles. The highest BCUT2D eigenvalue weighted by atomic mass is 16.5. The van der Waals surface area contributed by atoms with E-state index in [-0.39, 0.29) is 12.3 Å². The van der Waals surface area contributed by atoms with Gasteiger partial charge in [-0.2, -0.15) is 0 Å². The van der Waals surface area contributed by atoms with Gasteiger partial charge in [-0.3, -0.25) is 9.69 Å². The number of nitrogens with zero attached hydrogens (tertiary/aromatic N) is 1. The fourth-order valence-corrected chi connectivity index (χ4v) is 3.21. The first kappa shape index (κ1) is 16.8. The van der Waals surface area contributed by atoms with Crippen LogP contribution in [0.25, 0.3) is 0 Å². The van der Waals surface area contributed by atoms with E-state index in [4.69, 9.17) is 9.47 Å². The van der Waals surface area contributed by atoms with Crippen LogP contribution in [0.5, 0.6) is 11.5 Å². The van der Waals surface area contributed by atoms with Crippen molar-refractivity contribution in [2.45, 2.75) is 18.4 Å². The van der Waals surface area contributed by atoms with E-state index < -0.39 is 17.9 Å². The molecule has 6 nitrogen and oxygen atoms in total. The zero-order valence-electron chi connectivity index (χ0n) is 14.0. The second-order valence-corrected chi connectivity index (χ2v) is 5.83. The lowest BCUT2D eigenvalue weighted by atomic mass is 9.91. The molecule has 1 fully saturated rings. The monoisotopic (exact) mass is 341 g/mol. The van der Waals surface area contributed by atoms with E-state index >= 15 is 0 Å². The number of ether oxygens (including phenoxy) is 2. The molecule has 1 aliphatic rings. The number of hydrogen-bond donors (Lipinski definition) is 1. The Morgan fingerprint density at radius 3 is 2.00 bits per heavy atom. The van der Waals surface area contributed by atoms with Crippen molar-refractivity contribution in [1.82, 2.24) is 0 Å². The van der Waals surface area contributed by atoms with Crippen molar-refractivity contribution in [3.8, 4) is 11.5 Å². The Balaban J connectivity index is 1.95. The van der Waals surface area contributed by atoms with Gasteiger partial charge < -0.3 is 14.6 Å². The molecule has 6 heteroatoms. The Bertz CT molecular complexity index is 769. The number of hydrogen-bond acceptors (Lipinski definition) is 4. The van der Waals surface area contributed by atoms with Crippen molar-refractivity contribution in [3.05, 3.63) is 54.1 Å². The summed E-state index contributed by atoms with van der Waals surface area (Å²) in [6.07, 6.45) is 0.148. The second kappa shape index (κ2) is 6.84. The number of aliphatic carboxylic acids is 1. The molecule has 0 aromatic heterocycles. The number of benzene rings is 2. The first-order valence-corrected chi connectivity index (χ1v) is 7.88. The van der Waals surface area contributed by atoms with Gasteiger partial charge in [0.15, 0.2) is 0 Å². The molecule has 1 aliphatic heterocycles. The average Bonchev–Trinajstić information content (AvgIpc) is 2.99. The SMILES string of the molecule is COc1ccc(C2CC(=O)N(c3ccc(OC)cc3)C2C(=O)O)cc1. The van der Waals surface area contributed by atoms with E-state index in [2.05, 4.69) is 0 Å². The maximum Gasteiger partial charge on any atom is 0.327 e. The number of methoxy groups -OCH3 is 2. The largest absolute Gasteiger partial charge is 0.497 e. The van der Waals surface area contributed by atoms with Crippen molar-refractivity contribution in [1.29, 1.82) is 0 Å². The maximum absolute atomic E-state index is 12.6. The summed E-state index contributed by atoms with van der Waals surface area (Å²) in [7, 11) is 3.12. The zero-order valence-corrected chi connectivity index (χ0v) is 14.0. The Morgan fingerprint density at radius 1 is 1.00 bits per heavy atom. The molecule has 1 amide bonds. The van der Waals surface area contributed by atoms with Crippen molar-refractivity contribution >= 4 is 17.6 Å². The van der Waals surface area contributed by atoms with Crippen LogP contribution in [0.3, 0.4) is 0 Å². The van der Waals surface area contributed by atoms with Gasteiger partial charge >= 0.3 is 5.97 Å². The molecular weight excluding hydrogens is 322 g/mol. The number of carbonyl (C=O) groups excluding carboxylic acids is 1. The summed E-state index contributed by atoms with van der Waals surface area (Å²) in [4.78, 5) is 25.8. The molecule has 1 N–H and O–H groups in total. The number of amides is 1. The normalized spacial score (nSPS) is 19.8. The third-order valence-corrected chi connectivity index (χ3v) is 4.47. The van der Waals surface area contributed by atoms with Crippen molar-refractivity contribution in [3.63, 3.8) is 0 Å². The van der Waals surface area contributed by atoms with Crippen molar-refractivity contribution in [2.24, 2.45) is 0 Å². The zero-order chi connectivity index (χ0) is 18.0. The summed E-state index contributed by atoms with van der Waals surface area (Å²) < 4.78 is 10.2. The molecule has 2 aromatic carbocycles. The summed E-state index contributed by atoms with van der Waals surface area (Å²) >= 11 is 0. The maximum atomic E-state index is 12.6. The highest BCUT2D eigenvalue weighted by molar-refractivity contribution is 6.03. The molecule has 0 radical (unpaired) electrons.